The predicted molar refractivity (Wildman–Crippen MR) is 46.5 cm³/mol. The lowest BCUT2D eigenvalue weighted by Gasteiger charge is -2.01. The molecule has 1 aromatic rings. The van der Waals surface area contributed by atoms with Gasteiger partial charge in [-0.1, -0.05) is 4.80 Å². The van der Waals surface area contributed by atoms with E-state index in [2.05, 4.69) is 10.2 Å². The monoisotopic (exact) mass is 234 g/mol. The number of amides is 1. The van der Waals surface area contributed by atoms with Crippen LogP contribution in [0.25, 0.3) is 0 Å². The van der Waals surface area contributed by atoms with Crippen LogP contribution in [0.5, 0.6) is 0 Å². The van der Waals surface area contributed by atoms with E-state index in [4.69, 9.17) is 5.11 Å². The fourth-order valence-electron chi connectivity index (χ4n) is 0.902. The van der Waals surface area contributed by atoms with Gasteiger partial charge in [-0.25, -0.2) is 18.4 Å². The Morgan fingerprint density at radius 1 is 1.50 bits per heavy atom. The predicted octanol–water partition coefficient (Wildman–Crippen LogP) is 0.108. The number of nitrogens with zero attached hydrogens (tertiary/aromatic N) is 3. The number of carboxylic acids is 1. The molecule has 88 valence electrons. The molecule has 0 aliphatic heterocycles. The van der Waals surface area contributed by atoms with E-state index < -0.39 is 30.7 Å². The molecule has 9 heteroatoms. The number of halogens is 2. The molecule has 1 heterocycles. The Kier molecular flexibility index (Phi) is 3.48. The van der Waals surface area contributed by atoms with Crippen molar-refractivity contribution in [1.29, 1.82) is 0 Å². The number of alkyl halides is 2. The highest BCUT2D eigenvalue weighted by Crippen LogP contribution is 2.00. The number of hydrogen-bond acceptors (Lipinski definition) is 4. The van der Waals surface area contributed by atoms with Gasteiger partial charge in [-0.15, -0.1) is 10.2 Å². The average molecular weight is 234 g/mol. The van der Waals surface area contributed by atoms with Crippen molar-refractivity contribution in [2.45, 2.75) is 13.3 Å². The first-order chi connectivity index (χ1) is 7.41. The second-order valence-corrected chi connectivity index (χ2v) is 2.81. The van der Waals surface area contributed by atoms with Gasteiger partial charge in [-0.3, -0.25) is 0 Å². The third-order valence-corrected chi connectivity index (χ3v) is 1.57. The minimum atomic E-state index is -2.69. The van der Waals surface area contributed by atoms with Gasteiger partial charge in [0, 0.05) is 0 Å². The molecule has 0 aliphatic carbocycles. The number of carbonyl (C=O) groups is 2. The summed E-state index contributed by atoms with van der Waals surface area (Å²) < 4.78 is 23.5. The lowest BCUT2D eigenvalue weighted by atomic mass is 10.4. The van der Waals surface area contributed by atoms with Crippen molar-refractivity contribution in [1.82, 2.24) is 20.3 Å². The molecule has 2 N–H and O–H groups in total. The van der Waals surface area contributed by atoms with Crippen molar-refractivity contribution in [2.24, 2.45) is 0 Å². The molecule has 0 aliphatic rings. The molecule has 0 unspecified atom stereocenters. The molecule has 0 spiro atoms. The van der Waals surface area contributed by atoms with Crippen molar-refractivity contribution in [3.63, 3.8) is 0 Å². The smallest absolute Gasteiger partial charge is 0.359 e. The standard InChI is InChI=1S/C7H8F2N4O3/c1-3-5(6(14)15)12-13(11-3)7(16)10-2-4(8)9/h4H,2H2,1H3,(H,10,16)(H,14,15). The van der Waals surface area contributed by atoms with E-state index in [1.54, 1.807) is 0 Å². The maximum absolute atomic E-state index is 11.8. The van der Waals surface area contributed by atoms with Crippen LogP contribution in [0.3, 0.4) is 0 Å². The Morgan fingerprint density at radius 2 is 2.12 bits per heavy atom. The van der Waals surface area contributed by atoms with Gasteiger partial charge in [-0.2, -0.15) is 0 Å². The number of carbonyl (C=O) groups excluding carboxylic acids is 1. The first kappa shape index (κ1) is 12.0. The summed E-state index contributed by atoms with van der Waals surface area (Å²) in [6.45, 7) is 0.495. The minimum Gasteiger partial charge on any atom is -0.476 e. The van der Waals surface area contributed by atoms with E-state index in [1.165, 1.54) is 6.92 Å². The van der Waals surface area contributed by atoms with Gasteiger partial charge in [-0.05, 0) is 6.92 Å². The first-order valence-electron chi connectivity index (χ1n) is 4.15. The molecule has 1 aromatic heterocycles. The number of carboxylic acid groups (broad SMARTS) is 1. The molecule has 0 radical (unpaired) electrons. The number of nitrogens with one attached hydrogen (secondary N) is 1. The van der Waals surface area contributed by atoms with Gasteiger partial charge >= 0.3 is 12.0 Å². The van der Waals surface area contributed by atoms with E-state index in [9.17, 15) is 18.4 Å². The summed E-state index contributed by atoms with van der Waals surface area (Å²) in [5, 5.41) is 17.3. The fraction of sp³-hybridized carbons (Fsp3) is 0.429. The summed E-state index contributed by atoms with van der Waals surface area (Å²) in [6, 6.07) is -1.00. The van der Waals surface area contributed by atoms with Crippen LogP contribution in [0.4, 0.5) is 13.6 Å². The summed E-state index contributed by atoms with van der Waals surface area (Å²) >= 11 is 0. The highest BCUT2D eigenvalue weighted by atomic mass is 19.3. The van der Waals surface area contributed by atoms with Crippen LogP contribution in [0.2, 0.25) is 0 Å². The molecule has 0 aromatic carbocycles. The number of aromatic nitrogens is 3. The number of aryl methyl sites for hydroxylation is 1. The fourth-order valence-corrected chi connectivity index (χ4v) is 0.902. The lowest BCUT2D eigenvalue weighted by molar-refractivity contribution is 0.0689. The maximum atomic E-state index is 11.8. The highest BCUT2D eigenvalue weighted by molar-refractivity contribution is 5.87. The molecule has 7 nitrogen and oxygen atoms in total. The van der Waals surface area contributed by atoms with Crippen LogP contribution < -0.4 is 5.32 Å². The SMILES string of the molecule is Cc1nn(C(=O)NCC(F)F)nc1C(=O)O. The van der Waals surface area contributed by atoms with E-state index in [1.807, 2.05) is 5.32 Å². The molecular weight excluding hydrogens is 226 g/mol. The van der Waals surface area contributed by atoms with Crippen molar-refractivity contribution >= 4 is 12.0 Å². The van der Waals surface area contributed by atoms with Crippen LogP contribution in [0.1, 0.15) is 16.2 Å². The molecule has 1 amide bonds. The Morgan fingerprint density at radius 3 is 2.56 bits per heavy atom. The van der Waals surface area contributed by atoms with Gasteiger partial charge in [0.25, 0.3) is 6.43 Å². The van der Waals surface area contributed by atoms with Crippen molar-refractivity contribution in [3.8, 4) is 0 Å². The quantitative estimate of drug-likeness (QED) is 0.773. The second kappa shape index (κ2) is 4.64. The normalized spacial score (nSPS) is 10.5. The van der Waals surface area contributed by atoms with Crippen LogP contribution in [-0.2, 0) is 0 Å². The van der Waals surface area contributed by atoms with Crippen molar-refractivity contribution < 1.29 is 23.5 Å². The Balaban J connectivity index is 2.77. The third kappa shape index (κ3) is 2.72. The molecule has 16 heavy (non-hydrogen) atoms. The van der Waals surface area contributed by atoms with E-state index >= 15 is 0 Å². The minimum absolute atomic E-state index is 0.0275. The Hall–Kier alpha value is -2.06. The molecule has 0 bridgehead atoms. The molecule has 0 saturated carbocycles. The Labute approximate surface area is 88.0 Å². The zero-order chi connectivity index (χ0) is 12.3. The molecule has 0 saturated heterocycles. The van der Waals surface area contributed by atoms with Gasteiger partial charge in [0.1, 0.15) is 0 Å². The van der Waals surface area contributed by atoms with Gasteiger partial charge in [0.15, 0.2) is 5.69 Å². The summed E-state index contributed by atoms with van der Waals surface area (Å²) in [7, 11) is 0. The lowest BCUT2D eigenvalue weighted by Crippen LogP contribution is -2.33. The van der Waals surface area contributed by atoms with Crippen LogP contribution in [0, 0.1) is 6.92 Å². The van der Waals surface area contributed by atoms with E-state index in [0.29, 0.717) is 4.80 Å². The summed E-state index contributed by atoms with van der Waals surface area (Å²) in [5.74, 6) is -1.34. The summed E-state index contributed by atoms with van der Waals surface area (Å²) in [6.07, 6.45) is -2.69. The van der Waals surface area contributed by atoms with E-state index in [0.717, 1.165) is 0 Å². The van der Waals surface area contributed by atoms with Gasteiger partial charge in [0.05, 0.1) is 12.2 Å². The van der Waals surface area contributed by atoms with Gasteiger partial charge in [0.2, 0.25) is 0 Å². The van der Waals surface area contributed by atoms with Crippen molar-refractivity contribution in [2.75, 3.05) is 6.54 Å². The van der Waals surface area contributed by atoms with Crippen LogP contribution in [-0.4, -0.2) is 45.1 Å². The maximum Gasteiger partial charge on any atom is 0.359 e. The average Bonchev–Trinajstić information content (AvgIpc) is 2.56. The van der Waals surface area contributed by atoms with E-state index in [-0.39, 0.29) is 5.69 Å². The topological polar surface area (TPSA) is 97.1 Å². The summed E-state index contributed by atoms with van der Waals surface area (Å²) in [4.78, 5) is 22.1. The highest BCUT2D eigenvalue weighted by Gasteiger charge is 2.18. The van der Waals surface area contributed by atoms with Crippen LogP contribution in [0.15, 0.2) is 0 Å². The van der Waals surface area contributed by atoms with Gasteiger partial charge < -0.3 is 10.4 Å². The number of aromatic carboxylic acids is 1. The molecule has 1 rings (SSSR count). The zero-order valence-corrected chi connectivity index (χ0v) is 8.15. The summed E-state index contributed by atoms with van der Waals surface area (Å²) in [5.41, 5.74) is -0.369. The molecule has 0 atom stereocenters. The third-order valence-electron chi connectivity index (χ3n) is 1.57. The first-order valence-corrected chi connectivity index (χ1v) is 4.15. The zero-order valence-electron chi connectivity index (χ0n) is 8.15. The number of hydrogen-bond donors (Lipinski definition) is 2. The Bertz CT molecular complexity index is 418. The van der Waals surface area contributed by atoms with Crippen LogP contribution >= 0.6 is 0 Å². The molecular formula is C7H8F2N4O3. The largest absolute Gasteiger partial charge is 0.476 e. The number of rotatable bonds is 3. The van der Waals surface area contributed by atoms with Crippen molar-refractivity contribution in [3.05, 3.63) is 11.4 Å². The second-order valence-electron chi connectivity index (χ2n) is 2.81. The molecule has 0 fully saturated rings.